The predicted octanol–water partition coefficient (Wildman–Crippen LogP) is 3.08. The fourth-order valence-corrected chi connectivity index (χ4v) is 3.79. The van der Waals surface area contributed by atoms with E-state index in [-0.39, 0.29) is 13.0 Å². The molecule has 2 amide bonds. The largest absolute Gasteiger partial charge is 0.458 e. The first-order chi connectivity index (χ1) is 13.6. The van der Waals surface area contributed by atoms with Crippen molar-refractivity contribution in [3.05, 3.63) is 76.8 Å². The van der Waals surface area contributed by atoms with Crippen LogP contribution in [0.4, 0.5) is 0 Å². The normalized spacial score (nSPS) is 13.4. The summed E-state index contributed by atoms with van der Waals surface area (Å²) in [5, 5.41) is 2.66. The van der Waals surface area contributed by atoms with Gasteiger partial charge in [-0.3, -0.25) is 19.3 Å². The van der Waals surface area contributed by atoms with Crippen LogP contribution in [0.15, 0.2) is 60.0 Å². The number of amides is 2. The number of hydrogen-bond donors (Lipinski definition) is 0. The van der Waals surface area contributed by atoms with Crippen LogP contribution in [-0.4, -0.2) is 34.2 Å². The number of benzene rings is 2. The lowest BCUT2D eigenvalue weighted by molar-refractivity contribution is -0.149. The number of imide groups is 1. The molecule has 0 radical (unpaired) electrons. The number of carbonyl (C=O) groups excluding carboxylic acids is 3. The van der Waals surface area contributed by atoms with Crippen LogP contribution in [0.25, 0.3) is 10.6 Å². The van der Waals surface area contributed by atoms with Crippen LogP contribution in [0.2, 0.25) is 0 Å². The second-order valence-electron chi connectivity index (χ2n) is 6.29. The predicted molar refractivity (Wildman–Crippen MR) is 104 cm³/mol. The summed E-state index contributed by atoms with van der Waals surface area (Å²) >= 11 is 1.46. The van der Waals surface area contributed by atoms with E-state index in [1.54, 1.807) is 24.3 Å². The Hall–Kier alpha value is -3.32. The highest BCUT2D eigenvalue weighted by Gasteiger charge is 2.32. The number of aromatic nitrogens is 1. The Morgan fingerprint density at radius 1 is 1.07 bits per heavy atom. The van der Waals surface area contributed by atoms with E-state index in [4.69, 9.17) is 4.74 Å². The molecule has 0 saturated heterocycles. The van der Waals surface area contributed by atoms with E-state index in [0.29, 0.717) is 16.8 Å². The maximum atomic E-state index is 12.5. The number of carbonyl (C=O) groups is 3. The third-order valence-corrected chi connectivity index (χ3v) is 5.32. The molecule has 2 aromatic carbocycles. The Labute approximate surface area is 165 Å². The van der Waals surface area contributed by atoms with Gasteiger partial charge < -0.3 is 4.74 Å². The van der Waals surface area contributed by atoms with Crippen molar-refractivity contribution in [2.24, 2.45) is 0 Å². The highest BCUT2D eigenvalue weighted by molar-refractivity contribution is 7.13. The van der Waals surface area contributed by atoms with Crippen LogP contribution in [0.5, 0.6) is 0 Å². The number of nitrogens with zero attached hydrogens (tertiary/aromatic N) is 2. The van der Waals surface area contributed by atoms with Crippen LogP contribution in [0.3, 0.4) is 0 Å². The van der Waals surface area contributed by atoms with Gasteiger partial charge in [0.25, 0.3) is 5.91 Å². The molecule has 0 N–H and O–H groups in total. The average Bonchev–Trinajstić information content (AvgIpc) is 3.19. The van der Waals surface area contributed by atoms with Gasteiger partial charge in [0, 0.05) is 16.5 Å². The lowest BCUT2D eigenvalue weighted by Crippen LogP contribution is -2.45. The quantitative estimate of drug-likeness (QED) is 0.493. The number of fused-ring (bicyclic) bond motifs is 1. The summed E-state index contributed by atoms with van der Waals surface area (Å²) in [4.78, 5) is 42.3. The van der Waals surface area contributed by atoms with E-state index in [1.807, 2.05) is 35.7 Å². The molecular formula is C21H16N2O4S. The van der Waals surface area contributed by atoms with Crippen LogP contribution in [0.1, 0.15) is 21.6 Å². The molecule has 1 aliphatic heterocycles. The number of esters is 1. The standard InChI is InChI=1S/C21H16N2O4S/c24-18-10-15-8-4-5-9-17(15)21(26)23(18)11-19(25)27-12-16-13-28-20(22-16)14-6-2-1-3-7-14/h1-9,13H,10-12H2. The van der Waals surface area contributed by atoms with Crippen molar-refractivity contribution in [3.63, 3.8) is 0 Å². The fourth-order valence-electron chi connectivity index (χ4n) is 2.98. The van der Waals surface area contributed by atoms with Crippen molar-refractivity contribution < 1.29 is 19.1 Å². The minimum absolute atomic E-state index is 0.00499. The van der Waals surface area contributed by atoms with Crippen LogP contribution < -0.4 is 0 Å². The van der Waals surface area contributed by atoms with Gasteiger partial charge in [-0.25, -0.2) is 4.98 Å². The topological polar surface area (TPSA) is 76.6 Å². The summed E-state index contributed by atoms with van der Waals surface area (Å²) in [6, 6.07) is 16.6. The number of ether oxygens (including phenoxy) is 1. The van der Waals surface area contributed by atoms with Gasteiger partial charge in [-0.2, -0.15) is 0 Å². The summed E-state index contributed by atoms with van der Waals surface area (Å²) < 4.78 is 5.22. The minimum Gasteiger partial charge on any atom is -0.458 e. The molecular weight excluding hydrogens is 376 g/mol. The molecule has 2 heterocycles. The molecule has 0 fully saturated rings. The fraction of sp³-hybridized carbons (Fsp3) is 0.143. The molecule has 3 aromatic rings. The molecule has 0 spiro atoms. The third kappa shape index (κ3) is 3.70. The molecule has 0 atom stereocenters. The van der Waals surface area contributed by atoms with E-state index >= 15 is 0 Å². The highest BCUT2D eigenvalue weighted by atomic mass is 32.1. The molecule has 0 aliphatic carbocycles. The van der Waals surface area contributed by atoms with E-state index in [9.17, 15) is 14.4 Å². The van der Waals surface area contributed by atoms with Gasteiger partial charge in [-0.1, -0.05) is 48.5 Å². The Kier molecular flexibility index (Phi) is 4.99. The van der Waals surface area contributed by atoms with Crippen LogP contribution >= 0.6 is 11.3 Å². The van der Waals surface area contributed by atoms with Gasteiger partial charge in [0.1, 0.15) is 18.2 Å². The molecule has 0 bridgehead atoms. The van der Waals surface area contributed by atoms with Crippen LogP contribution in [0, 0.1) is 0 Å². The van der Waals surface area contributed by atoms with Gasteiger partial charge in [-0.15, -0.1) is 11.3 Å². The Morgan fingerprint density at radius 3 is 2.64 bits per heavy atom. The Balaban J connectivity index is 1.37. The average molecular weight is 392 g/mol. The maximum absolute atomic E-state index is 12.5. The lowest BCUT2D eigenvalue weighted by atomic mass is 9.98. The Bertz CT molecular complexity index is 1050. The van der Waals surface area contributed by atoms with Crippen molar-refractivity contribution in [2.75, 3.05) is 6.54 Å². The molecule has 1 aromatic heterocycles. The monoisotopic (exact) mass is 392 g/mol. The number of thiazole rings is 1. The Morgan fingerprint density at radius 2 is 1.82 bits per heavy atom. The lowest BCUT2D eigenvalue weighted by Gasteiger charge is -2.25. The van der Waals surface area contributed by atoms with E-state index in [1.165, 1.54) is 11.3 Å². The van der Waals surface area contributed by atoms with E-state index in [0.717, 1.165) is 15.5 Å². The number of rotatable bonds is 5. The van der Waals surface area contributed by atoms with Crippen molar-refractivity contribution in [1.82, 2.24) is 9.88 Å². The van der Waals surface area contributed by atoms with E-state index < -0.39 is 24.3 Å². The van der Waals surface area contributed by atoms with Crippen molar-refractivity contribution in [2.45, 2.75) is 13.0 Å². The molecule has 140 valence electrons. The maximum Gasteiger partial charge on any atom is 0.326 e. The summed E-state index contributed by atoms with van der Waals surface area (Å²) in [6.45, 7) is -0.406. The molecule has 6 nitrogen and oxygen atoms in total. The van der Waals surface area contributed by atoms with Crippen LogP contribution in [-0.2, 0) is 27.4 Å². The molecule has 7 heteroatoms. The first kappa shape index (κ1) is 18.1. The van der Waals surface area contributed by atoms with Crippen molar-refractivity contribution >= 4 is 29.1 Å². The zero-order valence-corrected chi connectivity index (χ0v) is 15.6. The SMILES string of the molecule is O=C(CN1C(=O)Cc2ccccc2C1=O)OCc1csc(-c2ccccc2)n1. The third-order valence-electron chi connectivity index (χ3n) is 4.38. The van der Waals surface area contributed by atoms with E-state index in [2.05, 4.69) is 4.98 Å². The first-order valence-electron chi connectivity index (χ1n) is 8.70. The van der Waals surface area contributed by atoms with Gasteiger partial charge in [0.15, 0.2) is 0 Å². The summed E-state index contributed by atoms with van der Waals surface area (Å²) in [5.41, 5.74) is 2.74. The number of hydrogen-bond acceptors (Lipinski definition) is 6. The van der Waals surface area contributed by atoms with Crippen molar-refractivity contribution in [1.29, 1.82) is 0 Å². The summed E-state index contributed by atoms with van der Waals surface area (Å²) in [6.07, 6.45) is 0.0989. The molecule has 0 unspecified atom stereocenters. The smallest absolute Gasteiger partial charge is 0.326 e. The molecule has 1 aliphatic rings. The summed E-state index contributed by atoms with van der Waals surface area (Å²) in [5.74, 6) is -1.51. The van der Waals surface area contributed by atoms with Gasteiger partial charge in [-0.05, 0) is 11.6 Å². The summed E-state index contributed by atoms with van der Waals surface area (Å²) in [7, 11) is 0. The zero-order valence-electron chi connectivity index (χ0n) is 14.8. The second kappa shape index (κ2) is 7.74. The molecule has 4 rings (SSSR count). The minimum atomic E-state index is -0.643. The first-order valence-corrected chi connectivity index (χ1v) is 9.58. The van der Waals surface area contributed by atoms with Gasteiger partial charge in [0.05, 0.1) is 12.1 Å². The second-order valence-corrected chi connectivity index (χ2v) is 7.15. The van der Waals surface area contributed by atoms with Gasteiger partial charge >= 0.3 is 5.97 Å². The molecule has 28 heavy (non-hydrogen) atoms. The highest BCUT2D eigenvalue weighted by Crippen LogP contribution is 2.24. The zero-order chi connectivity index (χ0) is 19.5. The van der Waals surface area contributed by atoms with Gasteiger partial charge in [0.2, 0.25) is 5.91 Å². The van der Waals surface area contributed by atoms with Crippen molar-refractivity contribution in [3.8, 4) is 10.6 Å². The molecule has 0 saturated carbocycles.